The number of anilines is 1. The predicted molar refractivity (Wildman–Crippen MR) is 95.1 cm³/mol. The third kappa shape index (κ3) is 2.99. The van der Waals surface area contributed by atoms with Gasteiger partial charge in [-0.25, -0.2) is 0 Å². The van der Waals surface area contributed by atoms with Crippen molar-refractivity contribution >= 4 is 23.2 Å². The molecular formula is C19H21ClN2O. The first-order chi connectivity index (χ1) is 11.2. The van der Waals surface area contributed by atoms with Crippen molar-refractivity contribution in [3.05, 3.63) is 64.7 Å². The van der Waals surface area contributed by atoms with E-state index in [1.165, 1.54) is 0 Å². The fourth-order valence-corrected chi connectivity index (χ4v) is 3.63. The van der Waals surface area contributed by atoms with Crippen molar-refractivity contribution in [2.75, 3.05) is 18.4 Å². The summed E-state index contributed by atoms with van der Waals surface area (Å²) < 4.78 is 0. The van der Waals surface area contributed by atoms with Crippen LogP contribution < -0.4 is 5.32 Å². The SMILES string of the molecule is CCN(CC)[C@H]1C(=O)Nc2ccc(Cl)cc2[C@@H]1c1ccccc1. The van der Waals surface area contributed by atoms with Gasteiger partial charge in [-0.2, -0.15) is 0 Å². The molecule has 1 N–H and O–H groups in total. The van der Waals surface area contributed by atoms with Gasteiger partial charge in [0.2, 0.25) is 5.91 Å². The molecule has 2 aromatic carbocycles. The van der Waals surface area contributed by atoms with Crippen molar-refractivity contribution < 1.29 is 4.79 Å². The van der Waals surface area contributed by atoms with E-state index in [0.29, 0.717) is 5.02 Å². The summed E-state index contributed by atoms with van der Waals surface area (Å²) in [6.45, 7) is 5.83. The molecule has 0 fully saturated rings. The van der Waals surface area contributed by atoms with Crippen molar-refractivity contribution in [2.45, 2.75) is 25.8 Å². The molecule has 3 rings (SSSR count). The van der Waals surface area contributed by atoms with E-state index in [2.05, 4.69) is 36.2 Å². The van der Waals surface area contributed by atoms with Gasteiger partial charge in [-0.1, -0.05) is 55.8 Å². The lowest BCUT2D eigenvalue weighted by atomic mass is 9.80. The number of amides is 1. The van der Waals surface area contributed by atoms with Gasteiger partial charge in [-0.15, -0.1) is 0 Å². The maximum Gasteiger partial charge on any atom is 0.242 e. The fraction of sp³-hybridized carbons (Fsp3) is 0.316. The highest BCUT2D eigenvalue weighted by Crippen LogP contribution is 2.40. The molecule has 120 valence electrons. The van der Waals surface area contributed by atoms with Crippen molar-refractivity contribution in [3.63, 3.8) is 0 Å². The number of nitrogens with zero attached hydrogens (tertiary/aromatic N) is 1. The highest BCUT2D eigenvalue weighted by Gasteiger charge is 2.39. The van der Waals surface area contributed by atoms with E-state index in [1.54, 1.807) is 0 Å². The number of benzene rings is 2. The number of fused-ring (bicyclic) bond motifs is 1. The Labute approximate surface area is 142 Å². The Hall–Kier alpha value is -1.84. The second-order valence-electron chi connectivity index (χ2n) is 5.78. The number of hydrogen-bond donors (Lipinski definition) is 1. The smallest absolute Gasteiger partial charge is 0.242 e. The number of likely N-dealkylation sites (N-methyl/N-ethyl adjacent to an activating group) is 1. The van der Waals surface area contributed by atoms with Crippen LogP contribution in [0.1, 0.15) is 30.9 Å². The van der Waals surface area contributed by atoms with Gasteiger partial charge in [-0.3, -0.25) is 9.69 Å². The molecule has 0 aromatic heterocycles. The van der Waals surface area contributed by atoms with Crippen LogP contribution in [0.15, 0.2) is 48.5 Å². The van der Waals surface area contributed by atoms with Crippen LogP contribution in [0.4, 0.5) is 5.69 Å². The molecule has 1 heterocycles. The summed E-state index contributed by atoms with van der Waals surface area (Å²) in [5.74, 6) is 0.0379. The molecule has 0 radical (unpaired) electrons. The first-order valence-electron chi connectivity index (χ1n) is 8.05. The van der Waals surface area contributed by atoms with Crippen molar-refractivity contribution in [1.29, 1.82) is 0 Å². The second kappa shape index (κ2) is 6.73. The standard InChI is InChI=1S/C19H21ClN2O/c1-3-22(4-2)18-17(13-8-6-5-7-9-13)15-12-14(20)10-11-16(15)21-19(18)23/h5-12,17-18H,3-4H2,1-2H3,(H,21,23)/t17-,18+/m0/s1. The summed E-state index contributed by atoms with van der Waals surface area (Å²) in [4.78, 5) is 15.0. The van der Waals surface area contributed by atoms with Gasteiger partial charge in [0.25, 0.3) is 0 Å². The minimum Gasteiger partial charge on any atom is -0.324 e. The van der Waals surface area contributed by atoms with Crippen LogP contribution in [0.2, 0.25) is 5.02 Å². The van der Waals surface area contributed by atoms with Crippen molar-refractivity contribution in [2.24, 2.45) is 0 Å². The Kier molecular flexibility index (Phi) is 4.69. The van der Waals surface area contributed by atoms with Gasteiger partial charge in [0.05, 0.1) is 0 Å². The number of halogens is 1. The van der Waals surface area contributed by atoms with Crippen LogP contribution in [0.25, 0.3) is 0 Å². The van der Waals surface area contributed by atoms with E-state index in [0.717, 1.165) is 29.9 Å². The molecule has 1 aliphatic rings. The number of rotatable bonds is 4. The summed E-state index contributed by atoms with van der Waals surface area (Å²) in [5.41, 5.74) is 3.08. The second-order valence-corrected chi connectivity index (χ2v) is 6.21. The summed E-state index contributed by atoms with van der Waals surface area (Å²) in [6, 6.07) is 15.7. The zero-order valence-corrected chi connectivity index (χ0v) is 14.2. The molecule has 2 atom stereocenters. The highest BCUT2D eigenvalue weighted by molar-refractivity contribution is 6.30. The molecule has 23 heavy (non-hydrogen) atoms. The number of carbonyl (C=O) groups is 1. The van der Waals surface area contributed by atoms with Crippen LogP contribution in [0.5, 0.6) is 0 Å². The number of nitrogens with one attached hydrogen (secondary N) is 1. The third-order valence-corrected chi connectivity index (χ3v) is 4.79. The van der Waals surface area contributed by atoms with Gasteiger partial charge in [0.1, 0.15) is 6.04 Å². The van der Waals surface area contributed by atoms with E-state index in [-0.39, 0.29) is 17.9 Å². The average Bonchev–Trinajstić information content (AvgIpc) is 2.57. The molecule has 0 saturated carbocycles. The zero-order valence-electron chi connectivity index (χ0n) is 13.4. The topological polar surface area (TPSA) is 32.3 Å². The molecule has 0 spiro atoms. The van der Waals surface area contributed by atoms with Crippen LogP contribution in [0, 0.1) is 0 Å². The van der Waals surface area contributed by atoms with E-state index in [9.17, 15) is 4.79 Å². The first-order valence-corrected chi connectivity index (χ1v) is 8.42. The maximum atomic E-state index is 12.8. The van der Waals surface area contributed by atoms with E-state index >= 15 is 0 Å². The van der Waals surface area contributed by atoms with Gasteiger partial charge in [0, 0.05) is 16.6 Å². The Balaban J connectivity index is 2.17. The van der Waals surface area contributed by atoms with Crippen molar-refractivity contribution in [3.8, 4) is 0 Å². The lowest BCUT2D eigenvalue weighted by Crippen LogP contribution is -2.50. The van der Waals surface area contributed by atoms with Gasteiger partial charge in [0.15, 0.2) is 0 Å². The van der Waals surface area contributed by atoms with E-state index < -0.39 is 0 Å². The lowest BCUT2D eigenvalue weighted by molar-refractivity contribution is -0.122. The molecule has 0 unspecified atom stereocenters. The summed E-state index contributed by atoms with van der Waals surface area (Å²) >= 11 is 6.23. The molecular weight excluding hydrogens is 308 g/mol. The molecule has 1 aliphatic heterocycles. The maximum absolute atomic E-state index is 12.8. The normalized spacial score (nSPS) is 20.3. The van der Waals surface area contributed by atoms with E-state index in [4.69, 9.17) is 11.6 Å². The monoisotopic (exact) mass is 328 g/mol. The number of carbonyl (C=O) groups excluding carboxylic acids is 1. The van der Waals surface area contributed by atoms with Gasteiger partial charge < -0.3 is 5.32 Å². The van der Waals surface area contributed by atoms with Crippen LogP contribution in [-0.2, 0) is 4.79 Å². The van der Waals surface area contributed by atoms with Gasteiger partial charge >= 0.3 is 0 Å². The molecule has 0 saturated heterocycles. The highest BCUT2D eigenvalue weighted by atomic mass is 35.5. The van der Waals surface area contributed by atoms with Crippen LogP contribution in [0.3, 0.4) is 0 Å². The number of hydrogen-bond acceptors (Lipinski definition) is 2. The fourth-order valence-electron chi connectivity index (χ4n) is 3.45. The molecule has 0 bridgehead atoms. The first kappa shape index (κ1) is 16.0. The van der Waals surface area contributed by atoms with Gasteiger partial charge in [-0.05, 0) is 42.4 Å². The molecule has 1 amide bonds. The molecule has 0 aliphatic carbocycles. The van der Waals surface area contributed by atoms with Crippen LogP contribution >= 0.6 is 11.6 Å². The minimum atomic E-state index is -0.224. The van der Waals surface area contributed by atoms with Crippen molar-refractivity contribution in [1.82, 2.24) is 4.90 Å². The summed E-state index contributed by atoms with van der Waals surface area (Å²) in [6.07, 6.45) is 0. The molecule has 3 nitrogen and oxygen atoms in total. The third-order valence-electron chi connectivity index (χ3n) is 4.56. The molecule has 2 aromatic rings. The van der Waals surface area contributed by atoms with E-state index in [1.807, 2.05) is 36.4 Å². The van der Waals surface area contributed by atoms with Crippen LogP contribution in [-0.4, -0.2) is 29.9 Å². The summed E-state index contributed by atoms with van der Waals surface area (Å²) in [5, 5.41) is 3.74. The largest absolute Gasteiger partial charge is 0.324 e. The lowest BCUT2D eigenvalue weighted by Gasteiger charge is -2.39. The zero-order chi connectivity index (χ0) is 16.4. The molecule has 4 heteroatoms. The summed E-state index contributed by atoms with van der Waals surface area (Å²) in [7, 11) is 0. The Bertz CT molecular complexity index is 698. The Morgan fingerprint density at radius 3 is 2.43 bits per heavy atom. The quantitative estimate of drug-likeness (QED) is 0.915. The predicted octanol–water partition coefficient (Wildman–Crippen LogP) is 4.13. The average molecular weight is 329 g/mol. The minimum absolute atomic E-state index is 0.0152. The Morgan fingerprint density at radius 1 is 1.09 bits per heavy atom. The Morgan fingerprint density at radius 2 is 1.78 bits per heavy atom.